The molecule has 6 heteroatoms. The van der Waals surface area contributed by atoms with E-state index in [1.54, 1.807) is 18.5 Å². The Morgan fingerprint density at radius 2 is 1.78 bits per heavy atom. The summed E-state index contributed by atoms with van der Waals surface area (Å²) in [6.07, 6.45) is 5.88. The first-order chi connectivity index (χ1) is 13.1. The predicted molar refractivity (Wildman–Crippen MR) is 106 cm³/mol. The third-order valence-corrected chi connectivity index (χ3v) is 4.34. The molecule has 3 rings (SSSR count). The molecule has 0 saturated heterocycles. The average molecular weight is 361 g/mol. The topological polar surface area (TPSA) is 71.0 Å². The Balaban J connectivity index is 1.58. The molecule has 1 N–H and O–H groups in total. The van der Waals surface area contributed by atoms with Crippen LogP contribution >= 0.6 is 0 Å². The first kappa shape index (κ1) is 18.5. The summed E-state index contributed by atoms with van der Waals surface area (Å²) in [6, 6.07) is 13.8. The van der Waals surface area contributed by atoms with Crippen LogP contribution in [0.2, 0.25) is 0 Å². The van der Waals surface area contributed by atoms with E-state index < -0.39 is 0 Å². The third-order valence-electron chi connectivity index (χ3n) is 4.34. The van der Waals surface area contributed by atoms with E-state index in [9.17, 15) is 4.79 Å². The fourth-order valence-electron chi connectivity index (χ4n) is 2.62. The SMILES string of the molecule is Cc1ccc(CNC(=O)c2cc(N(C)CCc3ccncc3)ncn2)cc1. The zero-order valence-electron chi connectivity index (χ0n) is 15.6. The van der Waals surface area contributed by atoms with Gasteiger partial charge in [0.15, 0.2) is 0 Å². The first-order valence-electron chi connectivity index (χ1n) is 8.87. The molecule has 1 amide bonds. The summed E-state index contributed by atoms with van der Waals surface area (Å²) in [5, 5.41) is 2.90. The van der Waals surface area contributed by atoms with Gasteiger partial charge in [-0.2, -0.15) is 0 Å². The Labute approximate surface area is 159 Å². The molecule has 0 spiro atoms. The Kier molecular flexibility index (Phi) is 6.10. The van der Waals surface area contributed by atoms with E-state index in [0.29, 0.717) is 12.2 Å². The van der Waals surface area contributed by atoms with Gasteiger partial charge in [-0.05, 0) is 36.6 Å². The quantitative estimate of drug-likeness (QED) is 0.701. The van der Waals surface area contributed by atoms with Crippen molar-refractivity contribution in [2.24, 2.45) is 0 Å². The fourth-order valence-corrected chi connectivity index (χ4v) is 2.62. The maximum Gasteiger partial charge on any atom is 0.270 e. The lowest BCUT2D eigenvalue weighted by molar-refractivity contribution is 0.0946. The Hall–Kier alpha value is -3.28. The normalized spacial score (nSPS) is 10.4. The summed E-state index contributed by atoms with van der Waals surface area (Å²) in [4.78, 5) is 26.8. The van der Waals surface area contributed by atoms with E-state index in [-0.39, 0.29) is 5.91 Å². The van der Waals surface area contributed by atoms with Crippen molar-refractivity contribution in [3.05, 3.63) is 83.6 Å². The smallest absolute Gasteiger partial charge is 0.270 e. The van der Waals surface area contributed by atoms with Gasteiger partial charge in [-0.25, -0.2) is 9.97 Å². The minimum Gasteiger partial charge on any atom is -0.359 e. The van der Waals surface area contributed by atoms with Gasteiger partial charge in [0.05, 0.1) is 0 Å². The summed E-state index contributed by atoms with van der Waals surface area (Å²) in [7, 11) is 1.96. The molecule has 0 atom stereocenters. The number of carbonyl (C=O) groups is 1. The van der Waals surface area contributed by atoms with Gasteiger partial charge in [-0.3, -0.25) is 9.78 Å². The lowest BCUT2D eigenvalue weighted by Gasteiger charge is -2.18. The van der Waals surface area contributed by atoms with Crippen LogP contribution < -0.4 is 10.2 Å². The fraction of sp³-hybridized carbons (Fsp3) is 0.238. The number of aryl methyl sites for hydroxylation is 1. The molecule has 0 unspecified atom stereocenters. The van der Waals surface area contributed by atoms with Gasteiger partial charge in [0.1, 0.15) is 17.8 Å². The van der Waals surface area contributed by atoms with E-state index >= 15 is 0 Å². The number of rotatable bonds is 7. The second kappa shape index (κ2) is 8.89. The molecule has 0 fully saturated rings. The van der Waals surface area contributed by atoms with Crippen molar-refractivity contribution in [2.75, 3.05) is 18.5 Å². The molecule has 27 heavy (non-hydrogen) atoms. The summed E-state index contributed by atoms with van der Waals surface area (Å²) >= 11 is 0. The highest BCUT2D eigenvalue weighted by molar-refractivity contribution is 5.92. The van der Waals surface area contributed by atoms with Crippen molar-refractivity contribution in [1.82, 2.24) is 20.3 Å². The number of pyridine rings is 1. The number of benzene rings is 1. The second-order valence-corrected chi connectivity index (χ2v) is 6.46. The first-order valence-corrected chi connectivity index (χ1v) is 8.87. The molecular formula is C21H23N5O. The molecule has 0 aliphatic heterocycles. The van der Waals surface area contributed by atoms with Gasteiger partial charge in [-0.1, -0.05) is 29.8 Å². The van der Waals surface area contributed by atoms with Crippen LogP contribution in [0.1, 0.15) is 27.2 Å². The molecule has 0 bridgehead atoms. The van der Waals surface area contributed by atoms with Crippen molar-refractivity contribution in [3.8, 4) is 0 Å². The molecule has 2 heterocycles. The molecule has 6 nitrogen and oxygen atoms in total. The second-order valence-electron chi connectivity index (χ2n) is 6.46. The van der Waals surface area contributed by atoms with E-state index in [4.69, 9.17) is 0 Å². The zero-order valence-corrected chi connectivity index (χ0v) is 15.6. The van der Waals surface area contributed by atoms with E-state index in [2.05, 4.69) is 20.3 Å². The van der Waals surface area contributed by atoms with Crippen molar-refractivity contribution in [3.63, 3.8) is 0 Å². The number of hydrogen-bond donors (Lipinski definition) is 1. The maximum absolute atomic E-state index is 12.4. The lowest BCUT2D eigenvalue weighted by atomic mass is 10.1. The van der Waals surface area contributed by atoms with E-state index in [1.807, 2.05) is 55.3 Å². The van der Waals surface area contributed by atoms with Gasteiger partial charge in [-0.15, -0.1) is 0 Å². The van der Waals surface area contributed by atoms with Crippen LogP contribution in [0, 0.1) is 6.92 Å². The highest BCUT2D eigenvalue weighted by atomic mass is 16.1. The van der Waals surface area contributed by atoms with Gasteiger partial charge in [0, 0.05) is 38.6 Å². The van der Waals surface area contributed by atoms with Crippen LogP contribution in [0.15, 0.2) is 61.2 Å². The molecule has 1 aromatic carbocycles. The third kappa shape index (κ3) is 5.34. The number of hydrogen-bond acceptors (Lipinski definition) is 5. The predicted octanol–water partition coefficient (Wildman–Crippen LogP) is 2.79. The minimum atomic E-state index is -0.207. The summed E-state index contributed by atoms with van der Waals surface area (Å²) in [6.45, 7) is 3.29. The highest BCUT2D eigenvalue weighted by Crippen LogP contribution is 2.11. The van der Waals surface area contributed by atoms with Crippen LogP contribution in [-0.2, 0) is 13.0 Å². The number of amides is 1. The van der Waals surface area contributed by atoms with Crippen LogP contribution in [-0.4, -0.2) is 34.5 Å². The van der Waals surface area contributed by atoms with Gasteiger partial charge in [0.2, 0.25) is 0 Å². The van der Waals surface area contributed by atoms with Crippen LogP contribution in [0.3, 0.4) is 0 Å². The molecular weight excluding hydrogens is 338 g/mol. The minimum absolute atomic E-state index is 0.207. The largest absolute Gasteiger partial charge is 0.359 e. The van der Waals surface area contributed by atoms with Crippen molar-refractivity contribution in [1.29, 1.82) is 0 Å². The number of likely N-dealkylation sites (N-methyl/N-ethyl adjacent to an activating group) is 1. The molecule has 3 aromatic rings. The number of aromatic nitrogens is 3. The van der Waals surface area contributed by atoms with Gasteiger partial charge >= 0.3 is 0 Å². The van der Waals surface area contributed by atoms with Crippen LogP contribution in [0.25, 0.3) is 0 Å². The maximum atomic E-state index is 12.4. The molecule has 0 aliphatic carbocycles. The Bertz CT molecular complexity index is 881. The van der Waals surface area contributed by atoms with Crippen molar-refractivity contribution >= 4 is 11.7 Å². The number of anilines is 1. The van der Waals surface area contributed by atoms with E-state index in [0.717, 1.165) is 24.3 Å². The number of nitrogens with one attached hydrogen (secondary N) is 1. The zero-order chi connectivity index (χ0) is 19.1. The van der Waals surface area contributed by atoms with E-state index in [1.165, 1.54) is 17.5 Å². The van der Waals surface area contributed by atoms with Crippen LogP contribution in [0.5, 0.6) is 0 Å². The van der Waals surface area contributed by atoms with Crippen LogP contribution in [0.4, 0.5) is 5.82 Å². The molecule has 138 valence electrons. The summed E-state index contributed by atoms with van der Waals surface area (Å²) < 4.78 is 0. The van der Waals surface area contributed by atoms with Crippen molar-refractivity contribution in [2.45, 2.75) is 19.9 Å². The van der Waals surface area contributed by atoms with Crippen molar-refractivity contribution < 1.29 is 4.79 Å². The molecule has 0 saturated carbocycles. The molecule has 0 radical (unpaired) electrons. The standard InChI is InChI=1S/C21H23N5O/c1-16-3-5-18(6-4-16)14-23-21(27)19-13-20(25-15-24-19)26(2)12-9-17-7-10-22-11-8-17/h3-8,10-11,13,15H,9,12,14H2,1-2H3,(H,23,27). The number of carbonyl (C=O) groups excluding carboxylic acids is 1. The Morgan fingerprint density at radius 1 is 1.04 bits per heavy atom. The Morgan fingerprint density at radius 3 is 2.52 bits per heavy atom. The average Bonchev–Trinajstić information content (AvgIpc) is 2.72. The lowest BCUT2D eigenvalue weighted by Crippen LogP contribution is -2.26. The highest BCUT2D eigenvalue weighted by Gasteiger charge is 2.11. The summed E-state index contributed by atoms with van der Waals surface area (Å²) in [5.41, 5.74) is 3.82. The molecule has 2 aromatic heterocycles. The van der Waals surface area contributed by atoms with Gasteiger partial charge in [0.25, 0.3) is 5.91 Å². The summed E-state index contributed by atoms with van der Waals surface area (Å²) in [5.74, 6) is 0.515. The molecule has 0 aliphatic rings. The monoisotopic (exact) mass is 361 g/mol. The number of nitrogens with zero attached hydrogens (tertiary/aromatic N) is 4. The van der Waals surface area contributed by atoms with Gasteiger partial charge < -0.3 is 10.2 Å².